The molecule has 1 aliphatic heterocycles. The molecular weight excluding hydrogens is 352 g/mol. The number of hydrogen-bond acceptors (Lipinski definition) is 2. The topological polar surface area (TPSA) is 40.5 Å². The minimum atomic E-state index is -0.133. The van der Waals surface area contributed by atoms with Gasteiger partial charge in [-0.3, -0.25) is 4.79 Å². The molecule has 1 fully saturated rings. The van der Waals surface area contributed by atoms with Crippen LogP contribution in [-0.2, 0) is 0 Å². The first-order valence-electron chi connectivity index (χ1n) is 5.50. The van der Waals surface area contributed by atoms with E-state index >= 15 is 0 Å². The molecule has 1 amide bonds. The third-order valence-electron chi connectivity index (χ3n) is 2.84. The second-order valence-corrected chi connectivity index (χ2v) is 6.01. The summed E-state index contributed by atoms with van der Waals surface area (Å²) in [6.45, 7) is 1.28. The van der Waals surface area contributed by atoms with Gasteiger partial charge < -0.3 is 10.0 Å². The molecule has 92 valence electrons. The number of aromatic hydroxyl groups is 1. The summed E-state index contributed by atoms with van der Waals surface area (Å²) >= 11 is 8.18. The highest BCUT2D eigenvalue weighted by atomic mass is 127. The van der Waals surface area contributed by atoms with E-state index in [-0.39, 0.29) is 17.0 Å². The van der Waals surface area contributed by atoms with Crippen LogP contribution in [-0.4, -0.2) is 34.4 Å². The number of carbonyl (C=O) groups excluding carboxylic acids is 1. The van der Waals surface area contributed by atoms with Gasteiger partial charge in [0.15, 0.2) is 0 Å². The highest BCUT2D eigenvalue weighted by Crippen LogP contribution is 2.24. The van der Waals surface area contributed by atoms with Crippen molar-refractivity contribution in [2.75, 3.05) is 13.1 Å². The van der Waals surface area contributed by atoms with Crippen molar-refractivity contribution in [1.82, 2.24) is 4.90 Å². The van der Waals surface area contributed by atoms with Crippen molar-refractivity contribution in [3.05, 3.63) is 27.3 Å². The molecule has 0 aliphatic carbocycles. The van der Waals surface area contributed by atoms with E-state index in [1.807, 2.05) is 0 Å². The van der Waals surface area contributed by atoms with Gasteiger partial charge in [0, 0.05) is 16.7 Å². The van der Waals surface area contributed by atoms with Crippen LogP contribution < -0.4 is 0 Å². The fraction of sp³-hybridized carbons (Fsp3) is 0.417. The molecule has 0 radical (unpaired) electrons. The lowest BCUT2D eigenvalue weighted by Crippen LogP contribution is -2.40. The second kappa shape index (κ2) is 5.44. The van der Waals surface area contributed by atoms with Gasteiger partial charge in [-0.05, 0) is 53.6 Å². The van der Waals surface area contributed by atoms with Gasteiger partial charge >= 0.3 is 0 Å². The zero-order valence-corrected chi connectivity index (χ0v) is 12.1. The van der Waals surface area contributed by atoms with Crippen molar-refractivity contribution in [3.8, 4) is 5.75 Å². The Morgan fingerprint density at radius 1 is 1.53 bits per heavy atom. The van der Waals surface area contributed by atoms with Gasteiger partial charge in [0.2, 0.25) is 0 Å². The fourth-order valence-electron chi connectivity index (χ4n) is 1.96. The van der Waals surface area contributed by atoms with E-state index in [2.05, 4.69) is 22.6 Å². The average molecular weight is 366 g/mol. The van der Waals surface area contributed by atoms with Crippen molar-refractivity contribution in [2.24, 2.45) is 0 Å². The molecule has 1 aromatic rings. The summed E-state index contributed by atoms with van der Waals surface area (Å²) in [7, 11) is 0. The SMILES string of the molecule is O=C(c1cc(I)ccc1O)N1CCCC(Cl)C1. The van der Waals surface area contributed by atoms with Gasteiger partial charge in [-0.25, -0.2) is 0 Å². The molecule has 1 unspecified atom stereocenters. The number of likely N-dealkylation sites (tertiary alicyclic amines) is 1. The molecule has 5 heteroatoms. The highest BCUT2D eigenvalue weighted by Gasteiger charge is 2.24. The van der Waals surface area contributed by atoms with E-state index in [1.54, 1.807) is 23.1 Å². The van der Waals surface area contributed by atoms with Crippen LogP contribution in [0.5, 0.6) is 5.75 Å². The molecular formula is C12H13ClINO2. The molecule has 17 heavy (non-hydrogen) atoms. The van der Waals surface area contributed by atoms with Crippen LogP contribution in [0.15, 0.2) is 18.2 Å². The molecule has 1 aliphatic rings. The predicted molar refractivity (Wildman–Crippen MR) is 75.6 cm³/mol. The molecule has 0 bridgehead atoms. The Morgan fingerprint density at radius 3 is 3.00 bits per heavy atom. The third-order valence-corrected chi connectivity index (χ3v) is 3.87. The summed E-state index contributed by atoms with van der Waals surface area (Å²) in [4.78, 5) is 13.9. The van der Waals surface area contributed by atoms with Gasteiger partial charge in [-0.15, -0.1) is 11.6 Å². The zero-order chi connectivity index (χ0) is 12.4. The Morgan fingerprint density at radius 2 is 2.29 bits per heavy atom. The number of phenolic OH excluding ortho intramolecular Hbond substituents is 1. The van der Waals surface area contributed by atoms with Crippen molar-refractivity contribution < 1.29 is 9.90 Å². The van der Waals surface area contributed by atoms with Gasteiger partial charge in [0.1, 0.15) is 5.75 Å². The minimum absolute atomic E-state index is 0.0256. The number of piperidine rings is 1. The number of benzene rings is 1. The van der Waals surface area contributed by atoms with Crippen LogP contribution in [0.25, 0.3) is 0 Å². The first-order valence-corrected chi connectivity index (χ1v) is 7.01. The number of amides is 1. The number of halogens is 2. The van der Waals surface area contributed by atoms with E-state index in [0.29, 0.717) is 18.7 Å². The van der Waals surface area contributed by atoms with Crippen molar-refractivity contribution in [1.29, 1.82) is 0 Å². The van der Waals surface area contributed by atoms with Crippen molar-refractivity contribution >= 4 is 40.1 Å². The first-order chi connectivity index (χ1) is 8.08. The number of rotatable bonds is 1. The van der Waals surface area contributed by atoms with Crippen LogP contribution in [0, 0.1) is 3.57 Å². The van der Waals surface area contributed by atoms with E-state index in [9.17, 15) is 9.90 Å². The normalized spacial score (nSPS) is 20.4. The van der Waals surface area contributed by atoms with Gasteiger partial charge in [-0.2, -0.15) is 0 Å². The monoisotopic (exact) mass is 365 g/mol. The molecule has 0 aromatic heterocycles. The molecule has 1 N–H and O–H groups in total. The number of hydrogen-bond donors (Lipinski definition) is 1. The molecule has 1 heterocycles. The minimum Gasteiger partial charge on any atom is -0.507 e. The number of alkyl halides is 1. The summed E-state index contributed by atoms with van der Waals surface area (Å²) in [5.74, 6) is -0.0986. The van der Waals surface area contributed by atoms with Crippen LogP contribution in [0.3, 0.4) is 0 Å². The Bertz CT molecular complexity index is 439. The van der Waals surface area contributed by atoms with Gasteiger partial charge in [0.25, 0.3) is 5.91 Å². The molecule has 2 rings (SSSR count). The number of phenols is 1. The summed E-state index contributed by atoms with van der Waals surface area (Å²) < 4.78 is 0.934. The maximum absolute atomic E-state index is 12.2. The molecule has 1 atom stereocenters. The average Bonchev–Trinajstić information content (AvgIpc) is 2.31. The molecule has 1 saturated heterocycles. The Kier molecular flexibility index (Phi) is 4.14. The lowest BCUT2D eigenvalue weighted by molar-refractivity contribution is 0.0724. The second-order valence-electron chi connectivity index (χ2n) is 4.15. The smallest absolute Gasteiger partial charge is 0.257 e. The van der Waals surface area contributed by atoms with E-state index < -0.39 is 0 Å². The van der Waals surface area contributed by atoms with Crippen molar-refractivity contribution in [2.45, 2.75) is 18.2 Å². The lowest BCUT2D eigenvalue weighted by Gasteiger charge is -2.30. The largest absolute Gasteiger partial charge is 0.507 e. The van der Waals surface area contributed by atoms with Gasteiger partial charge in [0.05, 0.1) is 10.9 Å². The summed E-state index contributed by atoms with van der Waals surface area (Å²) in [5.41, 5.74) is 0.364. The van der Waals surface area contributed by atoms with Crippen LogP contribution >= 0.6 is 34.2 Å². The van der Waals surface area contributed by atoms with E-state index in [0.717, 1.165) is 16.4 Å². The summed E-state index contributed by atoms with van der Waals surface area (Å²) in [6.07, 6.45) is 1.87. The Balaban J connectivity index is 2.21. The van der Waals surface area contributed by atoms with Crippen LogP contribution in [0.1, 0.15) is 23.2 Å². The summed E-state index contributed by atoms with van der Waals surface area (Å²) in [6, 6.07) is 5.03. The van der Waals surface area contributed by atoms with Crippen LogP contribution in [0.2, 0.25) is 0 Å². The predicted octanol–water partition coefficient (Wildman–Crippen LogP) is 2.84. The maximum atomic E-state index is 12.2. The van der Waals surface area contributed by atoms with Crippen molar-refractivity contribution in [3.63, 3.8) is 0 Å². The van der Waals surface area contributed by atoms with Gasteiger partial charge in [-0.1, -0.05) is 0 Å². The van der Waals surface area contributed by atoms with E-state index in [1.165, 1.54) is 0 Å². The number of nitrogens with zero attached hydrogens (tertiary/aromatic N) is 1. The van der Waals surface area contributed by atoms with E-state index in [4.69, 9.17) is 11.6 Å². The standard InChI is InChI=1S/C12H13ClINO2/c13-8-2-1-5-15(7-8)12(17)10-6-9(14)3-4-11(10)16/h3-4,6,8,16H,1-2,5,7H2. The lowest BCUT2D eigenvalue weighted by atomic mass is 10.1. The zero-order valence-electron chi connectivity index (χ0n) is 9.20. The quantitative estimate of drug-likeness (QED) is 0.614. The van der Waals surface area contributed by atoms with Crippen LogP contribution in [0.4, 0.5) is 0 Å². The fourth-order valence-corrected chi connectivity index (χ4v) is 2.77. The molecule has 0 saturated carbocycles. The summed E-state index contributed by atoms with van der Waals surface area (Å²) in [5, 5.41) is 9.74. The Labute approximate surface area is 119 Å². The Hall–Kier alpha value is -0.490. The third kappa shape index (κ3) is 3.04. The first kappa shape index (κ1) is 13.0. The molecule has 3 nitrogen and oxygen atoms in total. The molecule has 0 spiro atoms. The number of carbonyl (C=O) groups is 1. The molecule has 1 aromatic carbocycles. The maximum Gasteiger partial charge on any atom is 0.257 e. The highest BCUT2D eigenvalue weighted by molar-refractivity contribution is 14.1.